The van der Waals surface area contributed by atoms with Crippen LogP contribution in [-0.2, 0) is 21.2 Å². The molecule has 0 bridgehead atoms. The number of benzene rings is 1. The van der Waals surface area contributed by atoms with Gasteiger partial charge in [0.1, 0.15) is 16.4 Å². The van der Waals surface area contributed by atoms with Crippen LogP contribution in [0.3, 0.4) is 0 Å². The highest BCUT2D eigenvalue weighted by Gasteiger charge is 2.14. The van der Waals surface area contributed by atoms with E-state index in [0.717, 1.165) is 5.76 Å². The van der Waals surface area contributed by atoms with Gasteiger partial charge in [0, 0.05) is 18.5 Å². The lowest BCUT2D eigenvalue weighted by Crippen LogP contribution is -2.15. The first-order valence-corrected chi connectivity index (χ1v) is 8.35. The zero-order chi connectivity index (χ0) is 16.3. The average Bonchev–Trinajstić information content (AvgIpc) is 2.83. The van der Waals surface area contributed by atoms with E-state index in [1.807, 2.05) is 19.1 Å². The van der Waals surface area contributed by atoms with Crippen LogP contribution in [0.25, 0.3) is 0 Å². The summed E-state index contributed by atoms with van der Waals surface area (Å²) in [5.41, 5.74) is 0.314. The molecule has 1 amide bonds. The first kappa shape index (κ1) is 16.5. The molecule has 1 aromatic carbocycles. The molecule has 0 aliphatic heterocycles. The summed E-state index contributed by atoms with van der Waals surface area (Å²) in [6.07, 6.45) is 0.662. The van der Waals surface area contributed by atoms with Gasteiger partial charge >= 0.3 is 0 Å². The van der Waals surface area contributed by atoms with Crippen molar-refractivity contribution in [3.05, 3.63) is 46.9 Å². The fourth-order valence-electron chi connectivity index (χ4n) is 1.88. The van der Waals surface area contributed by atoms with E-state index in [4.69, 9.17) is 21.2 Å². The zero-order valence-corrected chi connectivity index (χ0v) is 13.4. The van der Waals surface area contributed by atoms with E-state index in [0.29, 0.717) is 17.9 Å². The second kappa shape index (κ2) is 6.51. The van der Waals surface area contributed by atoms with Gasteiger partial charge in [-0.2, -0.15) is 0 Å². The van der Waals surface area contributed by atoms with Crippen molar-refractivity contribution in [1.82, 2.24) is 0 Å². The Kier molecular flexibility index (Phi) is 4.90. The molecule has 2 aromatic rings. The maximum atomic E-state index is 11.9. The van der Waals surface area contributed by atoms with Crippen LogP contribution in [0.15, 0.2) is 39.6 Å². The minimum atomic E-state index is -3.94. The number of anilines is 1. The summed E-state index contributed by atoms with van der Waals surface area (Å²) in [4.78, 5) is 11.6. The molecule has 0 unspecified atom stereocenters. The van der Waals surface area contributed by atoms with Gasteiger partial charge < -0.3 is 9.73 Å². The van der Waals surface area contributed by atoms with Crippen molar-refractivity contribution in [1.29, 1.82) is 0 Å². The largest absolute Gasteiger partial charge is 0.466 e. The van der Waals surface area contributed by atoms with Gasteiger partial charge in [-0.25, -0.2) is 13.6 Å². The Morgan fingerprint density at radius 2 is 2.05 bits per heavy atom. The molecule has 0 fully saturated rings. The van der Waals surface area contributed by atoms with Crippen molar-refractivity contribution < 1.29 is 17.6 Å². The summed E-state index contributed by atoms with van der Waals surface area (Å²) in [5.74, 6) is 1.23. The van der Waals surface area contributed by atoms with Crippen molar-refractivity contribution in [3.8, 4) is 0 Å². The number of hydrogen-bond donors (Lipinski definition) is 2. The number of furan rings is 1. The standard InChI is InChI=1S/C14H15ClN2O4S/c1-9-2-4-11(21-9)5-7-14(18)17-10-3-6-12(15)13(8-10)22(16,19)20/h2-4,6,8H,5,7H2,1H3,(H,17,18)(H2,16,19,20). The molecular formula is C14H15ClN2O4S. The van der Waals surface area contributed by atoms with E-state index in [-0.39, 0.29) is 22.2 Å². The van der Waals surface area contributed by atoms with E-state index in [2.05, 4.69) is 5.32 Å². The zero-order valence-electron chi connectivity index (χ0n) is 11.8. The third-order valence-electron chi connectivity index (χ3n) is 2.92. The minimum absolute atomic E-state index is 0.00607. The van der Waals surface area contributed by atoms with Crippen molar-refractivity contribution >= 4 is 33.2 Å². The summed E-state index contributed by atoms with van der Waals surface area (Å²) in [6, 6.07) is 7.74. The summed E-state index contributed by atoms with van der Waals surface area (Å²) in [6.45, 7) is 1.83. The highest BCUT2D eigenvalue weighted by molar-refractivity contribution is 7.89. The summed E-state index contributed by atoms with van der Waals surface area (Å²) in [5, 5.41) is 7.66. The van der Waals surface area contributed by atoms with Gasteiger partial charge in [-0.3, -0.25) is 4.79 Å². The van der Waals surface area contributed by atoms with E-state index < -0.39 is 10.0 Å². The average molecular weight is 343 g/mol. The van der Waals surface area contributed by atoms with Gasteiger partial charge in [0.15, 0.2) is 0 Å². The first-order chi connectivity index (χ1) is 10.3. The first-order valence-electron chi connectivity index (χ1n) is 6.43. The molecular weight excluding hydrogens is 328 g/mol. The molecule has 0 saturated carbocycles. The highest BCUT2D eigenvalue weighted by Crippen LogP contribution is 2.24. The molecule has 8 heteroatoms. The maximum absolute atomic E-state index is 11.9. The van der Waals surface area contributed by atoms with E-state index >= 15 is 0 Å². The maximum Gasteiger partial charge on any atom is 0.239 e. The van der Waals surface area contributed by atoms with Crippen LogP contribution in [0.5, 0.6) is 0 Å². The monoisotopic (exact) mass is 342 g/mol. The number of nitrogens with one attached hydrogen (secondary N) is 1. The van der Waals surface area contributed by atoms with Gasteiger partial charge in [0.25, 0.3) is 0 Å². The Balaban J connectivity index is 2.02. The molecule has 2 rings (SSSR count). The number of hydrogen-bond acceptors (Lipinski definition) is 4. The lowest BCUT2D eigenvalue weighted by Gasteiger charge is -2.07. The van der Waals surface area contributed by atoms with Crippen molar-refractivity contribution in [3.63, 3.8) is 0 Å². The lowest BCUT2D eigenvalue weighted by molar-refractivity contribution is -0.116. The Hall–Kier alpha value is -1.83. The number of sulfonamides is 1. The summed E-state index contributed by atoms with van der Waals surface area (Å²) in [7, 11) is -3.94. The van der Waals surface area contributed by atoms with Crippen LogP contribution in [0.2, 0.25) is 5.02 Å². The molecule has 0 spiro atoms. The number of halogens is 1. The van der Waals surface area contributed by atoms with Crippen molar-refractivity contribution in [2.75, 3.05) is 5.32 Å². The SMILES string of the molecule is Cc1ccc(CCC(=O)Nc2ccc(Cl)c(S(N)(=O)=O)c2)o1. The molecule has 6 nitrogen and oxygen atoms in total. The predicted molar refractivity (Wildman–Crippen MR) is 83.2 cm³/mol. The number of rotatable bonds is 5. The minimum Gasteiger partial charge on any atom is -0.466 e. The Morgan fingerprint density at radius 1 is 1.32 bits per heavy atom. The molecule has 3 N–H and O–H groups in total. The second-order valence-electron chi connectivity index (χ2n) is 4.75. The van der Waals surface area contributed by atoms with Crippen LogP contribution in [0.1, 0.15) is 17.9 Å². The number of primary sulfonamides is 1. The third-order valence-corrected chi connectivity index (χ3v) is 4.31. The number of aryl methyl sites for hydroxylation is 2. The quantitative estimate of drug-likeness (QED) is 0.871. The van der Waals surface area contributed by atoms with Crippen LogP contribution in [0.4, 0.5) is 5.69 Å². The van der Waals surface area contributed by atoms with Crippen molar-refractivity contribution in [2.45, 2.75) is 24.7 Å². The molecule has 22 heavy (non-hydrogen) atoms. The predicted octanol–water partition coefficient (Wildman–Crippen LogP) is 2.46. The van der Waals surface area contributed by atoms with Gasteiger partial charge in [0.05, 0.1) is 5.02 Å². The normalized spacial score (nSPS) is 11.4. The molecule has 1 aromatic heterocycles. The molecule has 1 heterocycles. The Morgan fingerprint density at radius 3 is 2.64 bits per heavy atom. The van der Waals surface area contributed by atoms with Gasteiger partial charge in [-0.05, 0) is 37.3 Å². The van der Waals surface area contributed by atoms with Crippen LogP contribution in [0, 0.1) is 6.92 Å². The number of nitrogens with two attached hydrogens (primary N) is 1. The molecule has 118 valence electrons. The smallest absolute Gasteiger partial charge is 0.239 e. The molecule has 0 saturated heterocycles. The summed E-state index contributed by atoms with van der Waals surface area (Å²) >= 11 is 5.78. The third kappa shape index (κ3) is 4.33. The number of carbonyl (C=O) groups is 1. The number of carbonyl (C=O) groups excluding carboxylic acids is 1. The van der Waals surface area contributed by atoms with Crippen LogP contribution >= 0.6 is 11.6 Å². The van der Waals surface area contributed by atoms with Crippen LogP contribution < -0.4 is 10.5 Å². The lowest BCUT2D eigenvalue weighted by atomic mass is 10.2. The highest BCUT2D eigenvalue weighted by atomic mass is 35.5. The van der Waals surface area contributed by atoms with Crippen LogP contribution in [-0.4, -0.2) is 14.3 Å². The molecule has 0 aliphatic carbocycles. The Bertz CT molecular complexity index is 799. The topological polar surface area (TPSA) is 102 Å². The van der Waals surface area contributed by atoms with E-state index in [1.165, 1.54) is 18.2 Å². The molecule has 0 atom stereocenters. The summed E-state index contributed by atoms with van der Waals surface area (Å²) < 4.78 is 28.1. The fourth-order valence-corrected chi connectivity index (χ4v) is 2.95. The Labute approximate surface area is 133 Å². The van der Waals surface area contributed by atoms with Gasteiger partial charge in [-0.15, -0.1) is 0 Å². The van der Waals surface area contributed by atoms with Gasteiger partial charge in [-0.1, -0.05) is 11.6 Å². The van der Waals surface area contributed by atoms with E-state index in [9.17, 15) is 13.2 Å². The van der Waals surface area contributed by atoms with E-state index in [1.54, 1.807) is 0 Å². The molecule has 0 aliphatic rings. The second-order valence-corrected chi connectivity index (χ2v) is 6.69. The fraction of sp³-hybridized carbons (Fsp3) is 0.214. The van der Waals surface area contributed by atoms with Gasteiger partial charge in [0.2, 0.25) is 15.9 Å². The number of amides is 1. The van der Waals surface area contributed by atoms with Crippen molar-refractivity contribution in [2.24, 2.45) is 5.14 Å². The molecule has 0 radical (unpaired) electrons.